The molecule has 0 radical (unpaired) electrons. The topological polar surface area (TPSA) is 31.5 Å². The Morgan fingerprint density at radius 3 is 1.25 bits per heavy atom. The third kappa shape index (κ3) is 15.7. The van der Waals surface area contributed by atoms with Crippen LogP contribution in [0.25, 0.3) is 0 Å². The quantitative estimate of drug-likeness (QED) is 0.355. The highest BCUT2D eigenvalue weighted by molar-refractivity contribution is 6.06. The fraction of sp³-hybridized carbons (Fsp3) is 0. The number of hydrogen-bond acceptors (Lipinski definition) is 0. The molecule has 0 saturated heterocycles. The summed E-state index contributed by atoms with van der Waals surface area (Å²) in [6.07, 6.45) is 0. The van der Waals surface area contributed by atoms with Crippen LogP contribution in [-0.4, -0.2) is 22.8 Å². The lowest BCUT2D eigenvalue weighted by atomic mass is 16.0. The van der Waals surface area contributed by atoms with Crippen LogP contribution in [0.1, 0.15) is 0 Å². The monoisotopic (exact) mass is 102 g/mol. The van der Waals surface area contributed by atoms with E-state index in [0.717, 1.165) is 0 Å². The molecule has 0 unspecified atom stereocenters. The maximum Gasteiger partial charge on any atom is 0.187 e. The Bertz CT molecular complexity index is 8.00. The lowest BCUT2D eigenvalue weighted by molar-refractivity contribution is 0.824. The number of rotatable bonds is 0. The summed E-state index contributed by atoms with van der Waals surface area (Å²) in [5, 5.41) is 0. The molecule has 0 atom stereocenters. The molecule has 0 amide bonds. The smallest absolute Gasteiger partial charge is 0.187 e. The SMILES string of the molecule is FCl.O.[AlH3]. The number of halogens is 2. The summed E-state index contributed by atoms with van der Waals surface area (Å²) in [6, 6.07) is 0. The molecule has 4 heavy (non-hydrogen) atoms. The molecule has 28 valence electrons. The van der Waals surface area contributed by atoms with E-state index in [1.807, 2.05) is 0 Å². The minimum atomic E-state index is 0. The van der Waals surface area contributed by atoms with Crippen LogP contribution in [0.2, 0.25) is 0 Å². The fourth-order valence-corrected chi connectivity index (χ4v) is 0. The van der Waals surface area contributed by atoms with Gasteiger partial charge in [-0.15, -0.1) is 3.98 Å². The zero-order valence-electron chi connectivity index (χ0n) is 1.26. The molecule has 4 heteroatoms. The summed E-state index contributed by atoms with van der Waals surface area (Å²) < 4.78 is 8.97. The van der Waals surface area contributed by atoms with E-state index in [2.05, 4.69) is 12.0 Å². The predicted octanol–water partition coefficient (Wildman–Crippen LogP) is -0.899. The van der Waals surface area contributed by atoms with E-state index < -0.39 is 0 Å². The Labute approximate surface area is 39.4 Å². The van der Waals surface area contributed by atoms with E-state index in [4.69, 9.17) is 3.98 Å². The summed E-state index contributed by atoms with van der Waals surface area (Å²) in [5.41, 5.74) is 0. The highest BCUT2D eigenvalue weighted by Gasteiger charge is 1.01. The van der Waals surface area contributed by atoms with Gasteiger partial charge in [0.05, 0.1) is 0 Å². The zero-order valence-corrected chi connectivity index (χ0v) is 2.01. The van der Waals surface area contributed by atoms with Crippen LogP contribution in [0, 0.1) is 0 Å². The van der Waals surface area contributed by atoms with Crippen LogP contribution >= 0.6 is 12.0 Å². The second kappa shape index (κ2) is 53.8. The van der Waals surface area contributed by atoms with Crippen molar-refractivity contribution in [2.24, 2.45) is 0 Å². The Morgan fingerprint density at radius 2 is 1.25 bits per heavy atom. The van der Waals surface area contributed by atoms with Gasteiger partial charge in [-0.05, 0) is 0 Å². The second-order valence-electron chi connectivity index (χ2n) is 0. The van der Waals surface area contributed by atoms with E-state index >= 15 is 0 Å². The molecular weight excluding hydrogens is 97.4 g/mol. The Morgan fingerprint density at radius 1 is 1.25 bits per heavy atom. The van der Waals surface area contributed by atoms with E-state index in [-0.39, 0.29) is 22.8 Å². The van der Waals surface area contributed by atoms with Crippen LogP contribution in [0.15, 0.2) is 0 Å². The number of hydrogen-bond donors (Lipinski definition) is 0. The van der Waals surface area contributed by atoms with Crippen LogP contribution in [0.5, 0.6) is 0 Å². The van der Waals surface area contributed by atoms with Crippen molar-refractivity contribution in [1.29, 1.82) is 0 Å². The standard InChI is InChI=1S/Al.ClF.H2O.3H/c;1-2;;;;/h;;1H2;;;. The van der Waals surface area contributed by atoms with E-state index in [1.165, 1.54) is 0 Å². The second-order valence-corrected chi connectivity index (χ2v) is 0. The molecule has 1 nitrogen and oxygen atoms in total. The molecule has 2 N–H and O–H groups in total. The zero-order chi connectivity index (χ0) is 2.00. The third-order valence-corrected chi connectivity index (χ3v) is 0. The maximum absolute atomic E-state index is 8.97. The van der Waals surface area contributed by atoms with Crippen molar-refractivity contribution in [2.45, 2.75) is 0 Å². The molecule has 0 fully saturated rings. The van der Waals surface area contributed by atoms with Gasteiger partial charge in [-0.3, -0.25) is 0 Å². The molecule has 0 spiro atoms. The first-order chi connectivity index (χ1) is 1.00. The predicted molar refractivity (Wildman–Crippen MR) is 20.5 cm³/mol. The van der Waals surface area contributed by atoms with Crippen molar-refractivity contribution >= 4 is 29.3 Å². The molecule has 0 heterocycles. The van der Waals surface area contributed by atoms with E-state index in [1.54, 1.807) is 0 Å². The van der Waals surface area contributed by atoms with Gasteiger partial charge < -0.3 is 5.48 Å². The molecule has 0 aliphatic rings. The van der Waals surface area contributed by atoms with E-state index in [9.17, 15) is 0 Å². The Balaban J connectivity index is -0.00000000500. The maximum atomic E-state index is 8.97. The third-order valence-electron chi connectivity index (χ3n) is 0. The van der Waals surface area contributed by atoms with Crippen molar-refractivity contribution in [2.75, 3.05) is 0 Å². The largest absolute Gasteiger partial charge is 0.412 e. The first kappa shape index (κ1) is 22.1. The van der Waals surface area contributed by atoms with Crippen LogP contribution in [0.3, 0.4) is 0 Å². The van der Waals surface area contributed by atoms with Crippen LogP contribution in [0.4, 0.5) is 3.98 Å². The molecule has 0 aromatic heterocycles. The highest BCUT2D eigenvalue weighted by atomic mass is 35.5. The van der Waals surface area contributed by atoms with Gasteiger partial charge in [-0.2, -0.15) is 0 Å². The molecular formula is H5AlClFO. The molecule has 0 saturated carbocycles. The van der Waals surface area contributed by atoms with Crippen molar-refractivity contribution in [3.63, 3.8) is 0 Å². The van der Waals surface area contributed by atoms with E-state index in [0.29, 0.717) is 0 Å². The molecule has 0 aliphatic heterocycles. The Hall–Kier alpha value is 0.712. The molecule has 0 aromatic rings. The van der Waals surface area contributed by atoms with Gasteiger partial charge >= 0.3 is 0 Å². The molecule has 0 aromatic carbocycles. The first-order valence-electron chi connectivity index (χ1n) is 0.143. The van der Waals surface area contributed by atoms with Crippen molar-refractivity contribution in [3.8, 4) is 0 Å². The van der Waals surface area contributed by atoms with Gasteiger partial charge in [0.2, 0.25) is 0 Å². The van der Waals surface area contributed by atoms with Gasteiger partial charge in [0.1, 0.15) is 12.0 Å². The summed E-state index contributed by atoms with van der Waals surface area (Å²) in [5.74, 6) is 0. The van der Waals surface area contributed by atoms with Crippen LogP contribution in [-0.2, 0) is 0 Å². The molecule has 0 rings (SSSR count). The Kier molecular flexibility index (Phi) is 298. The highest BCUT2D eigenvalue weighted by Crippen LogP contribution is 1.56. The summed E-state index contributed by atoms with van der Waals surface area (Å²) in [6.45, 7) is 0. The van der Waals surface area contributed by atoms with Gasteiger partial charge in [0.15, 0.2) is 17.4 Å². The minimum absolute atomic E-state index is 0. The average Bonchev–Trinajstić information content (AvgIpc) is 1.00. The molecule has 0 bridgehead atoms. The lowest BCUT2D eigenvalue weighted by Crippen LogP contribution is -0.454. The average molecular weight is 102 g/mol. The lowest BCUT2D eigenvalue weighted by Gasteiger charge is -1.01. The minimum Gasteiger partial charge on any atom is -0.412 e. The summed E-state index contributed by atoms with van der Waals surface area (Å²) in [7, 11) is 0. The first-order valence-corrected chi connectivity index (χ1v) is 0.429. The van der Waals surface area contributed by atoms with Crippen molar-refractivity contribution < 1.29 is 9.46 Å². The van der Waals surface area contributed by atoms with Gasteiger partial charge in [-0.25, -0.2) is 0 Å². The summed E-state index contributed by atoms with van der Waals surface area (Å²) in [4.78, 5) is 0. The normalized spacial score (nSPS) is 1.50. The van der Waals surface area contributed by atoms with Crippen molar-refractivity contribution in [3.05, 3.63) is 0 Å². The van der Waals surface area contributed by atoms with Gasteiger partial charge in [-0.1, -0.05) is 0 Å². The van der Waals surface area contributed by atoms with Gasteiger partial charge in [0, 0.05) is 0 Å². The van der Waals surface area contributed by atoms with Crippen LogP contribution < -0.4 is 0 Å². The van der Waals surface area contributed by atoms with Gasteiger partial charge in [0.25, 0.3) is 0 Å². The molecule has 0 aliphatic carbocycles. The fourth-order valence-electron chi connectivity index (χ4n) is 0. The summed E-state index contributed by atoms with van der Waals surface area (Å²) >= 11 is 3.14. The van der Waals surface area contributed by atoms with Crippen molar-refractivity contribution in [1.82, 2.24) is 0 Å².